The molecule has 25 heavy (non-hydrogen) atoms. The summed E-state index contributed by atoms with van der Waals surface area (Å²) in [6, 6.07) is 5.50. The maximum Gasteiger partial charge on any atom is 0.267 e. The van der Waals surface area contributed by atoms with E-state index in [9.17, 15) is 0 Å². The van der Waals surface area contributed by atoms with Crippen LogP contribution in [0, 0.1) is 5.92 Å². The molecular formula is C18H23N3O4. The zero-order chi connectivity index (χ0) is 17.2. The van der Waals surface area contributed by atoms with Crippen LogP contribution in [0.1, 0.15) is 37.6 Å². The van der Waals surface area contributed by atoms with E-state index < -0.39 is 0 Å². The second-order valence-electron chi connectivity index (χ2n) is 6.77. The average molecular weight is 345 g/mol. The molecule has 0 bridgehead atoms. The molecule has 134 valence electrons. The monoisotopic (exact) mass is 345 g/mol. The number of aromatic nitrogens is 2. The van der Waals surface area contributed by atoms with E-state index in [-0.39, 0.29) is 12.9 Å². The number of nitrogens with zero attached hydrogens (tertiary/aromatic N) is 3. The van der Waals surface area contributed by atoms with Crippen LogP contribution in [0.3, 0.4) is 0 Å². The van der Waals surface area contributed by atoms with Gasteiger partial charge in [0.2, 0.25) is 6.79 Å². The lowest BCUT2D eigenvalue weighted by Crippen LogP contribution is -2.31. The Kier molecular flexibility index (Phi) is 4.48. The van der Waals surface area contributed by atoms with Gasteiger partial charge in [-0.05, 0) is 58.0 Å². The van der Waals surface area contributed by atoms with Crippen LogP contribution in [0.15, 0.2) is 22.7 Å². The van der Waals surface area contributed by atoms with Crippen LogP contribution < -0.4 is 14.2 Å². The van der Waals surface area contributed by atoms with Gasteiger partial charge in [0.15, 0.2) is 23.4 Å². The fourth-order valence-electron chi connectivity index (χ4n) is 3.24. The van der Waals surface area contributed by atoms with Crippen LogP contribution in [0.2, 0.25) is 0 Å². The molecule has 2 aliphatic heterocycles. The largest absolute Gasteiger partial charge is 0.481 e. The first-order chi connectivity index (χ1) is 12.2. The van der Waals surface area contributed by atoms with Gasteiger partial charge in [-0.3, -0.25) is 0 Å². The molecule has 3 heterocycles. The molecule has 1 saturated heterocycles. The Morgan fingerprint density at radius 3 is 2.88 bits per heavy atom. The number of hydrogen-bond acceptors (Lipinski definition) is 7. The van der Waals surface area contributed by atoms with Crippen LogP contribution in [0.5, 0.6) is 17.2 Å². The summed E-state index contributed by atoms with van der Waals surface area (Å²) in [6.07, 6.45) is 2.92. The van der Waals surface area contributed by atoms with E-state index in [1.165, 1.54) is 12.8 Å². The standard InChI is InChI=1S/C18H23N3O4/c1-12(24-14-3-4-15-16(10-14)23-11-22-15)18-19-17(20-25-18)9-13-5-7-21(2)8-6-13/h3-4,10,12-13H,5-9,11H2,1-2H3/t12-/m0/s1. The summed E-state index contributed by atoms with van der Waals surface area (Å²) >= 11 is 0. The number of benzene rings is 1. The van der Waals surface area contributed by atoms with E-state index in [1.54, 1.807) is 0 Å². The molecule has 1 aromatic heterocycles. The molecule has 2 aliphatic rings. The highest BCUT2D eigenvalue weighted by Gasteiger charge is 2.22. The molecule has 0 saturated carbocycles. The fraction of sp³-hybridized carbons (Fsp3) is 0.556. The fourth-order valence-corrected chi connectivity index (χ4v) is 3.24. The van der Waals surface area contributed by atoms with Gasteiger partial charge >= 0.3 is 0 Å². The van der Waals surface area contributed by atoms with Crippen molar-refractivity contribution in [1.29, 1.82) is 0 Å². The molecule has 0 aliphatic carbocycles. The zero-order valence-electron chi connectivity index (χ0n) is 14.6. The number of likely N-dealkylation sites (tertiary alicyclic amines) is 1. The van der Waals surface area contributed by atoms with Crippen molar-refractivity contribution in [2.45, 2.75) is 32.3 Å². The number of piperidine rings is 1. The van der Waals surface area contributed by atoms with Gasteiger partial charge in [-0.25, -0.2) is 0 Å². The predicted octanol–water partition coefficient (Wildman–Crippen LogP) is 2.82. The van der Waals surface area contributed by atoms with Gasteiger partial charge < -0.3 is 23.6 Å². The van der Waals surface area contributed by atoms with Gasteiger partial charge in [-0.2, -0.15) is 4.98 Å². The van der Waals surface area contributed by atoms with Gasteiger partial charge in [-0.1, -0.05) is 5.16 Å². The molecule has 2 aromatic rings. The smallest absolute Gasteiger partial charge is 0.267 e. The molecule has 1 atom stereocenters. The minimum Gasteiger partial charge on any atom is -0.481 e. The van der Waals surface area contributed by atoms with Crippen molar-refractivity contribution in [2.24, 2.45) is 5.92 Å². The summed E-state index contributed by atoms with van der Waals surface area (Å²) in [6.45, 7) is 4.42. The maximum atomic E-state index is 5.90. The maximum absolute atomic E-state index is 5.90. The second kappa shape index (κ2) is 6.92. The highest BCUT2D eigenvalue weighted by atomic mass is 16.7. The van der Waals surface area contributed by atoms with Crippen LogP contribution >= 0.6 is 0 Å². The first kappa shape index (κ1) is 16.2. The number of rotatable bonds is 5. The Balaban J connectivity index is 1.36. The van der Waals surface area contributed by atoms with E-state index in [0.29, 0.717) is 23.3 Å². The van der Waals surface area contributed by atoms with Gasteiger partial charge in [-0.15, -0.1) is 0 Å². The summed E-state index contributed by atoms with van der Waals surface area (Å²) in [5.41, 5.74) is 0. The molecule has 0 unspecified atom stereocenters. The minimum atomic E-state index is -0.320. The molecule has 4 rings (SSSR count). The van der Waals surface area contributed by atoms with Crippen molar-refractivity contribution in [1.82, 2.24) is 15.0 Å². The van der Waals surface area contributed by atoms with Crippen LogP contribution in [0.4, 0.5) is 0 Å². The first-order valence-corrected chi connectivity index (χ1v) is 8.74. The molecule has 0 N–H and O–H groups in total. The summed E-state index contributed by atoms with van der Waals surface area (Å²) in [4.78, 5) is 6.88. The lowest BCUT2D eigenvalue weighted by molar-refractivity contribution is 0.170. The predicted molar refractivity (Wildman–Crippen MR) is 89.8 cm³/mol. The van der Waals surface area contributed by atoms with E-state index in [2.05, 4.69) is 22.1 Å². The quantitative estimate of drug-likeness (QED) is 0.825. The van der Waals surface area contributed by atoms with Gasteiger partial charge in [0.25, 0.3) is 5.89 Å². The van der Waals surface area contributed by atoms with Crippen molar-refractivity contribution in [3.05, 3.63) is 29.9 Å². The summed E-state index contributed by atoms with van der Waals surface area (Å²) in [5.74, 6) is 4.02. The second-order valence-corrected chi connectivity index (χ2v) is 6.77. The minimum absolute atomic E-state index is 0.248. The van der Waals surface area contributed by atoms with E-state index >= 15 is 0 Å². The number of ether oxygens (including phenoxy) is 3. The van der Waals surface area contributed by atoms with Crippen molar-refractivity contribution in [3.8, 4) is 17.2 Å². The van der Waals surface area contributed by atoms with Crippen molar-refractivity contribution < 1.29 is 18.7 Å². The normalized spacial score (nSPS) is 19.1. The van der Waals surface area contributed by atoms with Crippen molar-refractivity contribution in [3.63, 3.8) is 0 Å². The SMILES string of the molecule is C[C@H](Oc1ccc2c(c1)OCO2)c1nc(CC2CCN(C)CC2)no1. The Bertz CT molecular complexity index is 725. The molecular weight excluding hydrogens is 322 g/mol. The number of hydrogen-bond donors (Lipinski definition) is 0. The van der Waals surface area contributed by atoms with Gasteiger partial charge in [0.1, 0.15) is 5.75 Å². The van der Waals surface area contributed by atoms with Crippen molar-refractivity contribution >= 4 is 0 Å². The van der Waals surface area contributed by atoms with E-state index in [1.807, 2.05) is 25.1 Å². The molecule has 0 spiro atoms. The van der Waals surface area contributed by atoms with Crippen LogP contribution in [-0.4, -0.2) is 42.0 Å². The van der Waals surface area contributed by atoms with Crippen LogP contribution in [0.25, 0.3) is 0 Å². The average Bonchev–Trinajstić information content (AvgIpc) is 3.26. The van der Waals surface area contributed by atoms with Crippen molar-refractivity contribution in [2.75, 3.05) is 26.9 Å². The molecule has 1 fully saturated rings. The Labute approximate surface area is 146 Å². The highest BCUT2D eigenvalue weighted by Crippen LogP contribution is 2.36. The Morgan fingerprint density at radius 2 is 2.04 bits per heavy atom. The third kappa shape index (κ3) is 3.71. The highest BCUT2D eigenvalue weighted by molar-refractivity contribution is 5.46. The topological polar surface area (TPSA) is 69.8 Å². The van der Waals surface area contributed by atoms with Crippen LogP contribution in [-0.2, 0) is 6.42 Å². The van der Waals surface area contributed by atoms with Gasteiger partial charge in [0.05, 0.1) is 0 Å². The molecule has 7 nitrogen and oxygen atoms in total. The van der Waals surface area contributed by atoms with E-state index in [4.69, 9.17) is 18.7 Å². The number of fused-ring (bicyclic) bond motifs is 1. The lowest BCUT2D eigenvalue weighted by Gasteiger charge is -2.28. The molecule has 7 heteroatoms. The summed E-state index contributed by atoms with van der Waals surface area (Å²) in [5, 5.41) is 4.13. The Hall–Kier alpha value is -2.28. The molecule has 0 radical (unpaired) electrons. The lowest BCUT2D eigenvalue weighted by atomic mass is 9.94. The molecule has 1 aromatic carbocycles. The molecule has 0 amide bonds. The Morgan fingerprint density at radius 1 is 1.24 bits per heavy atom. The zero-order valence-corrected chi connectivity index (χ0v) is 14.6. The van der Waals surface area contributed by atoms with Gasteiger partial charge in [0, 0.05) is 12.5 Å². The third-order valence-corrected chi connectivity index (χ3v) is 4.80. The summed E-state index contributed by atoms with van der Waals surface area (Å²) < 4.78 is 22.0. The summed E-state index contributed by atoms with van der Waals surface area (Å²) in [7, 11) is 2.16. The third-order valence-electron chi connectivity index (χ3n) is 4.80. The van der Waals surface area contributed by atoms with E-state index in [0.717, 1.165) is 31.1 Å². The first-order valence-electron chi connectivity index (χ1n) is 8.74.